The van der Waals surface area contributed by atoms with Gasteiger partial charge in [-0.25, -0.2) is 0 Å². The van der Waals surface area contributed by atoms with Gasteiger partial charge in [-0.2, -0.15) is 0 Å². The van der Waals surface area contributed by atoms with E-state index in [9.17, 15) is 0 Å². The van der Waals surface area contributed by atoms with Gasteiger partial charge in [-0.15, -0.1) is 0 Å². The summed E-state index contributed by atoms with van der Waals surface area (Å²) >= 11 is 0. The van der Waals surface area contributed by atoms with Crippen molar-refractivity contribution in [3.63, 3.8) is 0 Å². The lowest BCUT2D eigenvalue weighted by molar-refractivity contribution is 0.299. The monoisotopic (exact) mass is 266 g/mol. The van der Waals surface area contributed by atoms with Crippen LogP contribution in [-0.2, 0) is 5.41 Å². The van der Waals surface area contributed by atoms with Crippen molar-refractivity contribution in [1.82, 2.24) is 0 Å². The van der Waals surface area contributed by atoms with Gasteiger partial charge in [0.15, 0.2) is 0 Å². The molecule has 1 heteroatoms. The Balaban J connectivity index is 1.75. The van der Waals surface area contributed by atoms with Gasteiger partial charge in [-0.1, -0.05) is 56.3 Å². The van der Waals surface area contributed by atoms with Crippen LogP contribution in [0.3, 0.4) is 0 Å². The fourth-order valence-electron chi connectivity index (χ4n) is 2.49. The third kappa shape index (κ3) is 2.87. The van der Waals surface area contributed by atoms with Crippen LogP contribution in [0.15, 0.2) is 54.6 Å². The minimum absolute atomic E-state index is 0.0241. The van der Waals surface area contributed by atoms with Crippen molar-refractivity contribution >= 4 is 0 Å². The Kier molecular flexibility index (Phi) is 3.52. The zero-order valence-electron chi connectivity index (χ0n) is 12.3. The van der Waals surface area contributed by atoms with Crippen molar-refractivity contribution in [2.24, 2.45) is 5.92 Å². The van der Waals surface area contributed by atoms with E-state index < -0.39 is 0 Å². The van der Waals surface area contributed by atoms with Gasteiger partial charge in [-0.3, -0.25) is 0 Å². The summed E-state index contributed by atoms with van der Waals surface area (Å²) in [5.74, 6) is 1.79. The van der Waals surface area contributed by atoms with Crippen LogP contribution in [0.1, 0.15) is 37.8 Å². The molecule has 3 rings (SSSR count). The van der Waals surface area contributed by atoms with Crippen LogP contribution in [0.2, 0.25) is 0 Å². The van der Waals surface area contributed by atoms with Gasteiger partial charge in [0, 0.05) is 5.41 Å². The summed E-state index contributed by atoms with van der Waals surface area (Å²) in [7, 11) is 0. The molecule has 0 unspecified atom stereocenters. The molecular weight excluding hydrogens is 244 g/mol. The van der Waals surface area contributed by atoms with Crippen LogP contribution in [-0.4, -0.2) is 6.61 Å². The molecule has 0 atom stereocenters. The molecule has 0 saturated heterocycles. The maximum atomic E-state index is 5.80. The number of rotatable bonds is 5. The highest BCUT2D eigenvalue weighted by Crippen LogP contribution is 2.33. The topological polar surface area (TPSA) is 9.23 Å². The van der Waals surface area contributed by atoms with E-state index in [1.54, 1.807) is 0 Å². The molecular formula is C19H22O. The van der Waals surface area contributed by atoms with E-state index in [1.165, 1.54) is 24.0 Å². The van der Waals surface area contributed by atoms with Gasteiger partial charge < -0.3 is 4.74 Å². The zero-order valence-corrected chi connectivity index (χ0v) is 12.3. The summed E-state index contributed by atoms with van der Waals surface area (Å²) in [6.45, 7) is 5.41. The van der Waals surface area contributed by atoms with E-state index in [-0.39, 0.29) is 5.41 Å². The highest BCUT2D eigenvalue weighted by Gasteiger charge is 2.23. The van der Waals surface area contributed by atoms with Gasteiger partial charge in [-0.05, 0) is 42.0 Å². The Morgan fingerprint density at radius 2 is 1.50 bits per heavy atom. The minimum Gasteiger partial charge on any atom is -0.493 e. The molecule has 0 N–H and O–H groups in total. The summed E-state index contributed by atoms with van der Waals surface area (Å²) in [5.41, 5.74) is 2.69. The molecule has 0 heterocycles. The van der Waals surface area contributed by atoms with Crippen molar-refractivity contribution in [1.29, 1.82) is 0 Å². The minimum atomic E-state index is 0.0241. The van der Waals surface area contributed by atoms with E-state index in [4.69, 9.17) is 4.74 Å². The van der Waals surface area contributed by atoms with Crippen LogP contribution in [0.4, 0.5) is 0 Å². The molecule has 0 aromatic heterocycles. The molecule has 1 aliphatic carbocycles. The second-order valence-electron chi connectivity index (χ2n) is 6.27. The molecule has 1 saturated carbocycles. The predicted molar refractivity (Wildman–Crippen MR) is 83.2 cm³/mol. The Morgan fingerprint density at radius 3 is 2.10 bits per heavy atom. The highest BCUT2D eigenvalue weighted by atomic mass is 16.5. The Morgan fingerprint density at radius 1 is 0.900 bits per heavy atom. The van der Waals surface area contributed by atoms with Crippen molar-refractivity contribution in [2.75, 3.05) is 6.61 Å². The maximum absolute atomic E-state index is 5.80. The predicted octanol–water partition coefficient (Wildman–Crippen LogP) is 4.80. The van der Waals surface area contributed by atoms with Crippen LogP contribution in [0.5, 0.6) is 5.75 Å². The van der Waals surface area contributed by atoms with Gasteiger partial charge >= 0.3 is 0 Å². The van der Waals surface area contributed by atoms with Crippen molar-refractivity contribution < 1.29 is 4.74 Å². The lowest BCUT2D eigenvalue weighted by Crippen LogP contribution is -2.18. The second kappa shape index (κ2) is 5.32. The highest BCUT2D eigenvalue weighted by molar-refractivity contribution is 5.39. The Hall–Kier alpha value is -1.76. The quantitative estimate of drug-likeness (QED) is 0.755. The van der Waals surface area contributed by atoms with Gasteiger partial charge in [0.1, 0.15) is 5.75 Å². The largest absolute Gasteiger partial charge is 0.493 e. The number of hydrogen-bond donors (Lipinski definition) is 0. The van der Waals surface area contributed by atoms with E-state index in [1.807, 2.05) is 0 Å². The maximum Gasteiger partial charge on any atom is 0.119 e. The normalized spacial score (nSPS) is 15.1. The van der Waals surface area contributed by atoms with Gasteiger partial charge in [0.05, 0.1) is 6.61 Å². The number of ether oxygens (including phenoxy) is 1. The Labute approximate surface area is 121 Å². The van der Waals surface area contributed by atoms with Gasteiger partial charge in [0.25, 0.3) is 0 Å². The molecule has 0 radical (unpaired) electrons. The first-order valence-electron chi connectivity index (χ1n) is 7.45. The summed E-state index contributed by atoms with van der Waals surface area (Å²) < 4.78 is 5.80. The fourth-order valence-corrected chi connectivity index (χ4v) is 2.49. The molecule has 2 aromatic rings. The molecule has 0 amide bonds. The SMILES string of the molecule is CC(C)(c1ccccc1)c1ccc(OCC2CC2)cc1. The molecule has 20 heavy (non-hydrogen) atoms. The first kappa shape index (κ1) is 13.2. The van der Waals surface area contributed by atoms with E-state index >= 15 is 0 Å². The molecule has 2 aromatic carbocycles. The lowest BCUT2D eigenvalue weighted by atomic mass is 9.78. The third-order valence-corrected chi connectivity index (χ3v) is 4.25. The van der Waals surface area contributed by atoms with Gasteiger partial charge in [0.2, 0.25) is 0 Å². The lowest BCUT2D eigenvalue weighted by Gasteiger charge is -2.26. The Bertz CT molecular complexity index is 550. The van der Waals surface area contributed by atoms with Crippen molar-refractivity contribution in [3.8, 4) is 5.75 Å². The van der Waals surface area contributed by atoms with Crippen molar-refractivity contribution in [2.45, 2.75) is 32.1 Å². The molecule has 0 spiro atoms. The van der Waals surface area contributed by atoms with Crippen molar-refractivity contribution in [3.05, 3.63) is 65.7 Å². The average molecular weight is 266 g/mol. The molecule has 1 nitrogen and oxygen atoms in total. The van der Waals surface area contributed by atoms with Crippen LogP contribution < -0.4 is 4.74 Å². The molecule has 0 aliphatic heterocycles. The number of benzene rings is 2. The van der Waals surface area contributed by atoms with E-state index in [0.717, 1.165) is 18.3 Å². The molecule has 1 aliphatic rings. The molecule has 1 fully saturated rings. The average Bonchev–Trinajstić information content (AvgIpc) is 3.31. The molecule has 104 valence electrons. The zero-order chi connectivity index (χ0) is 14.0. The van der Waals surface area contributed by atoms with E-state index in [0.29, 0.717) is 0 Å². The fraction of sp³-hybridized carbons (Fsp3) is 0.368. The van der Waals surface area contributed by atoms with Crippen LogP contribution in [0.25, 0.3) is 0 Å². The summed E-state index contributed by atoms with van der Waals surface area (Å²) in [6, 6.07) is 19.2. The van der Waals surface area contributed by atoms with Crippen LogP contribution in [0, 0.1) is 5.92 Å². The van der Waals surface area contributed by atoms with E-state index in [2.05, 4.69) is 68.4 Å². The first-order valence-corrected chi connectivity index (χ1v) is 7.45. The number of hydrogen-bond acceptors (Lipinski definition) is 1. The smallest absolute Gasteiger partial charge is 0.119 e. The first-order chi connectivity index (χ1) is 9.66. The summed E-state index contributed by atoms with van der Waals surface area (Å²) in [6.07, 6.45) is 2.66. The standard InChI is InChI=1S/C19H22O/c1-19(2,16-6-4-3-5-7-16)17-10-12-18(13-11-17)20-14-15-8-9-15/h3-7,10-13,15H,8-9,14H2,1-2H3. The van der Waals surface area contributed by atoms with Crippen LogP contribution >= 0.6 is 0 Å². The summed E-state index contributed by atoms with van der Waals surface area (Å²) in [4.78, 5) is 0. The third-order valence-electron chi connectivity index (χ3n) is 4.25. The summed E-state index contributed by atoms with van der Waals surface area (Å²) in [5, 5.41) is 0. The second-order valence-corrected chi connectivity index (χ2v) is 6.27. The molecule has 0 bridgehead atoms.